The molecule has 7 heteroatoms. The van der Waals surface area contributed by atoms with Crippen LogP contribution in [-0.2, 0) is 11.3 Å². The lowest BCUT2D eigenvalue weighted by Crippen LogP contribution is -2.47. The van der Waals surface area contributed by atoms with Crippen LogP contribution in [0, 0.1) is 5.82 Å². The fourth-order valence-corrected chi connectivity index (χ4v) is 3.17. The molecule has 5 nitrogen and oxygen atoms in total. The highest BCUT2D eigenvalue weighted by molar-refractivity contribution is 7.09. The minimum atomic E-state index is -0.269. The van der Waals surface area contributed by atoms with Crippen LogP contribution >= 0.6 is 11.3 Å². The molecule has 1 saturated heterocycles. The Balaban J connectivity index is 1.67. The second kappa shape index (κ2) is 7.06. The number of aromatic nitrogens is 1. The number of ether oxygens (including phenoxy) is 1. The van der Waals surface area contributed by atoms with Crippen LogP contribution in [0.3, 0.4) is 0 Å². The Labute approximate surface area is 138 Å². The summed E-state index contributed by atoms with van der Waals surface area (Å²) in [7, 11) is 0. The van der Waals surface area contributed by atoms with Gasteiger partial charge in [-0.3, -0.25) is 0 Å². The van der Waals surface area contributed by atoms with Gasteiger partial charge in [0.15, 0.2) is 5.96 Å². The molecule has 1 aromatic carbocycles. The van der Waals surface area contributed by atoms with Crippen LogP contribution in [0.1, 0.15) is 11.9 Å². The van der Waals surface area contributed by atoms with Gasteiger partial charge >= 0.3 is 0 Å². The standard InChI is InChI=1S/C16H19FN4OS/c1-11-9-21(6-7-22-11)16(18)19-8-15-20-14(10-23-15)12-4-2-3-5-13(12)17/h2-5,10-11H,6-9H2,1H3,(H2,18,19). The van der Waals surface area contributed by atoms with Gasteiger partial charge in [-0.15, -0.1) is 11.3 Å². The molecule has 1 aliphatic rings. The summed E-state index contributed by atoms with van der Waals surface area (Å²) in [4.78, 5) is 10.9. The van der Waals surface area contributed by atoms with Gasteiger partial charge in [-0.05, 0) is 19.1 Å². The van der Waals surface area contributed by atoms with Crippen molar-refractivity contribution in [3.8, 4) is 11.3 Å². The van der Waals surface area contributed by atoms with Gasteiger partial charge < -0.3 is 15.4 Å². The predicted octanol–water partition coefficient (Wildman–Crippen LogP) is 2.48. The van der Waals surface area contributed by atoms with Gasteiger partial charge in [-0.1, -0.05) is 12.1 Å². The lowest BCUT2D eigenvalue weighted by molar-refractivity contribution is 0.00529. The zero-order valence-electron chi connectivity index (χ0n) is 12.9. The van der Waals surface area contributed by atoms with Crippen molar-refractivity contribution in [1.29, 1.82) is 0 Å². The van der Waals surface area contributed by atoms with E-state index >= 15 is 0 Å². The topological polar surface area (TPSA) is 63.7 Å². The fourth-order valence-electron chi connectivity index (χ4n) is 2.45. The second-order valence-electron chi connectivity index (χ2n) is 5.41. The number of aliphatic imine (C=N–C) groups is 1. The Kier molecular flexibility index (Phi) is 4.88. The van der Waals surface area contributed by atoms with E-state index in [0.29, 0.717) is 30.4 Å². The molecule has 122 valence electrons. The van der Waals surface area contributed by atoms with Crippen molar-refractivity contribution in [3.05, 3.63) is 40.5 Å². The normalized spacial score (nSPS) is 19.1. The molecule has 0 bridgehead atoms. The smallest absolute Gasteiger partial charge is 0.191 e. The van der Waals surface area contributed by atoms with Gasteiger partial charge in [-0.2, -0.15) is 0 Å². The Morgan fingerprint density at radius 3 is 3.13 bits per heavy atom. The molecule has 1 atom stereocenters. The van der Waals surface area contributed by atoms with Crippen molar-refractivity contribution in [1.82, 2.24) is 9.88 Å². The monoisotopic (exact) mass is 334 g/mol. The zero-order valence-corrected chi connectivity index (χ0v) is 13.7. The van der Waals surface area contributed by atoms with Gasteiger partial charge in [0.2, 0.25) is 0 Å². The van der Waals surface area contributed by atoms with Crippen molar-refractivity contribution >= 4 is 17.3 Å². The predicted molar refractivity (Wildman–Crippen MR) is 89.8 cm³/mol. The van der Waals surface area contributed by atoms with Gasteiger partial charge in [0.25, 0.3) is 0 Å². The summed E-state index contributed by atoms with van der Waals surface area (Å²) in [5, 5.41) is 2.66. The van der Waals surface area contributed by atoms with Crippen LogP contribution < -0.4 is 5.73 Å². The second-order valence-corrected chi connectivity index (χ2v) is 6.35. The lowest BCUT2D eigenvalue weighted by Gasteiger charge is -2.31. The third kappa shape index (κ3) is 3.86. The van der Waals surface area contributed by atoms with E-state index in [-0.39, 0.29) is 11.9 Å². The number of nitrogens with zero attached hydrogens (tertiary/aromatic N) is 3. The maximum Gasteiger partial charge on any atom is 0.191 e. The molecular formula is C16H19FN4OS. The van der Waals surface area contributed by atoms with Crippen LogP contribution in [0.4, 0.5) is 4.39 Å². The summed E-state index contributed by atoms with van der Waals surface area (Å²) >= 11 is 1.46. The lowest BCUT2D eigenvalue weighted by atomic mass is 10.2. The van der Waals surface area contributed by atoms with E-state index in [4.69, 9.17) is 10.5 Å². The van der Waals surface area contributed by atoms with Crippen LogP contribution in [0.2, 0.25) is 0 Å². The van der Waals surface area contributed by atoms with E-state index in [1.165, 1.54) is 17.4 Å². The SMILES string of the molecule is CC1CN(C(N)=NCc2nc(-c3ccccc3F)cs2)CCO1. The number of morpholine rings is 1. The summed E-state index contributed by atoms with van der Waals surface area (Å²) in [6.07, 6.45) is 0.157. The molecule has 0 saturated carbocycles. The molecule has 0 radical (unpaired) electrons. The summed E-state index contributed by atoms with van der Waals surface area (Å²) < 4.78 is 19.3. The van der Waals surface area contributed by atoms with Crippen LogP contribution in [0.25, 0.3) is 11.3 Å². The molecule has 1 fully saturated rings. The Morgan fingerprint density at radius 1 is 1.52 bits per heavy atom. The molecule has 0 spiro atoms. The number of thiazole rings is 1. The highest BCUT2D eigenvalue weighted by Crippen LogP contribution is 2.24. The molecule has 2 N–H and O–H groups in total. The number of guanidine groups is 1. The summed E-state index contributed by atoms with van der Waals surface area (Å²) in [6.45, 7) is 4.56. The van der Waals surface area contributed by atoms with Gasteiger partial charge in [-0.25, -0.2) is 14.4 Å². The Bertz CT molecular complexity index is 703. The number of benzene rings is 1. The Morgan fingerprint density at radius 2 is 2.35 bits per heavy atom. The van der Waals surface area contributed by atoms with E-state index in [9.17, 15) is 4.39 Å². The molecule has 1 aromatic heterocycles. The van der Waals surface area contributed by atoms with E-state index in [2.05, 4.69) is 9.98 Å². The van der Waals surface area contributed by atoms with E-state index in [0.717, 1.165) is 18.1 Å². The first-order valence-electron chi connectivity index (χ1n) is 7.49. The average Bonchev–Trinajstić information content (AvgIpc) is 3.02. The minimum Gasteiger partial charge on any atom is -0.375 e. The summed E-state index contributed by atoms with van der Waals surface area (Å²) in [5.74, 6) is 0.234. The highest BCUT2D eigenvalue weighted by Gasteiger charge is 2.18. The van der Waals surface area contributed by atoms with E-state index in [1.807, 2.05) is 17.2 Å². The molecule has 1 aliphatic heterocycles. The van der Waals surface area contributed by atoms with Crippen LogP contribution in [-0.4, -0.2) is 41.6 Å². The van der Waals surface area contributed by atoms with E-state index < -0.39 is 0 Å². The van der Waals surface area contributed by atoms with Crippen molar-refractivity contribution in [2.24, 2.45) is 10.7 Å². The number of hydrogen-bond acceptors (Lipinski definition) is 4. The van der Waals surface area contributed by atoms with Crippen molar-refractivity contribution in [3.63, 3.8) is 0 Å². The minimum absolute atomic E-state index is 0.157. The maximum absolute atomic E-state index is 13.8. The quantitative estimate of drug-likeness (QED) is 0.692. The number of hydrogen-bond donors (Lipinski definition) is 1. The zero-order chi connectivity index (χ0) is 16.2. The largest absolute Gasteiger partial charge is 0.375 e. The molecule has 2 aromatic rings. The van der Waals surface area contributed by atoms with Crippen LogP contribution in [0.5, 0.6) is 0 Å². The van der Waals surface area contributed by atoms with E-state index in [1.54, 1.807) is 18.2 Å². The number of halogens is 1. The van der Waals surface area contributed by atoms with Crippen molar-refractivity contribution in [2.45, 2.75) is 19.6 Å². The summed E-state index contributed by atoms with van der Waals surface area (Å²) in [6, 6.07) is 6.62. The number of nitrogens with two attached hydrogens (primary N) is 1. The molecular weight excluding hydrogens is 315 g/mol. The molecule has 0 aliphatic carbocycles. The fraction of sp³-hybridized carbons (Fsp3) is 0.375. The third-order valence-electron chi connectivity index (χ3n) is 3.64. The molecule has 0 amide bonds. The van der Waals surface area contributed by atoms with Gasteiger partial charge in [0.05, 0.1) is 24.9 Å². The molecule has 1 unspecified atom stereocenters. The summed E-state index contributed by atoms with van der Waals surface area (Å²) in [5.41, 5.74) is 7.18. The highest BCUT2D eigenvalue weighted by atomic mass is 32.1. The van der Waals surface area contributed by atoms with Gasteiger partial charge in [0, 0.05) is 24.0 Å². The van der Waals surface area contributed by atoms with Crippen molar-refractivity contribution < 1.29 is 9.13 Å². The number of rotatable bonds is 3. The maximum atomic E-state index is 13.8. The third-order valence-corrected chi connectivity index (χ3v) is 4.48. The van der Waals surface area contributed by atoms with Crippen LogP contribution in [0.15, 0.2) is 34.6 Å². The van der Waals surface area contributed by atoms with Crippen molar-refractivity contribution in [2.75, 3.05) is 19.7 Å². The molecule has 3 rings (SSSR count). The first kappa shape index (κ1) is 15.9. The van der Waals surface area contributed by atoms with Gasteiger partial charge in [0.1, 0.15) is 10.8 Å². The first-order chi connectivity index (χ1) is 11.1. The molecule has 2 heterocycles. The first-order valence-corrected chi connectivity index (χ1v) is 8.37. The average molecular weight is 334 g/mol. The Hall–Kier alpha value is -1.99. The molecule has 23 heavy (non-hydrogen) atoms.